The molecule has 0 fully saturated rings. The monoisotopic (exact) mass is 261 g/mol. The smallest absolute Gasteiger partial charge is 0.338 e. The summed E-state index contributed by atoms with van der Waals surface area (Å²) in [7, 11) is 0. The molecule has 2 N–H and O–H groups in total. The Morgan fingerprint density at radius 3 is 2.62 bits per heavy atom. The van der Waals surface area contributed by atoms with Crippen molar-refractivity contribution in [2.24, 2.45) is 0 Å². The summed E-state index contributed by atoms with van der Waals surface area (Å²) in [5.41, 5.74) is 0.0990. The predicted octanol–water partition coefficient (Wildman–Crippen LogP) is 2.29. The summed E-state index contributed by atoms with van der Waals surface area (Å²) in [5.74, 6) is -1.05. The Balaban J connectivity index is 3.01. The molecule has 0 spiro atoms. The maximum Gasteiger partial charge on any atom is 0.338 e. The molecule has 2 atom stereocenters. The van der Waals surface area contributed by atoms with E-state index in [2.05, 4.69) is 4.98 Å². The van der Waals surface area contributed by atoms with E-state index in [0.717, 1.165) is 0 Å². The Morgan fingerprint density at radius 2 is 2.12 bits per heavy atom. The minimum atomic E-state index is -1.05. The van der Waals surface area contributed by atoms with Gasteiger partial charge in [-0.05, 0) is 19.1 Å². The Hall–Kier alpha value is -0.780. The van der Waals surface area contributed by atoms with Gasteiger partial charge in [0.25, 0.3) is 0 Å². The van der Waals surface area contributed by atoms with Crippen molar-refractivity contribution in [3.63, 3.8) is 0 Å². The number of aromatic carboxylic acids is 1. The molecular formula is C10H12ClNO3S. The molecule has 88 valence electrons. The first-order valence-electron chi connectivity index (χ1n) is 4.66. The average molecular weight is 262 g/mol. The van der Waals surface area contributed by atoms with Crippen LogP contribution in [-0.4, -0.2) is 32.5 Å². The van der Waals surface area contributed by atoms with Crippen molar-refractivity contribution in [2.45, 2.75) is 30.2 Å². The Morgan fingerprint density at radius 1 is 1.50 bits per heavy atom. The van der Waals surface area contributed by atoms with Crippen molar-refractivity contribution < 1.29 is 15.0 Å². The zero-order valence-corrected chi connectivity index (χ0v) is 10.4. The van der Waals surface area contributed by atoms with Gasteiger partial charge in [-0.1, -0.05) is 30.3 Å². The molecule has 0 amide bonds. The third kappa shape index (κ3) is 3.37. The average Bonchev–Trinajstić information content (AvgIpc) is 2.16. The van der Waals surface area contributed by atoms with E-state index in [9.17, 15) is 9.90 Å². The van der Waals surface area contributed by atoms with E-state index in [-0.39, 0.29) is 16.0 Å². The third-order valence-electron chi connectivity index (χ3n) is 2.03. The lowest BCUT2D eigenvalue weighted by molar-refractivity contribution is 0.0692. The molecule has 1 rings (SSSR count). The number of carboxylic acid groups (broad SMARTS) is 1. The largest absolute Gasteiger partial charge is 0.478 e. The molecule has 0 bridgehead atoms. The molecule has 16 heavy (non-hydrogen) atoms. The standard InChI is InChI=1S/C10H12ClNO3S/c1-5(13)6(2)16-9-7(10(14)15)3-4-8(11)12-9/h3-6,13H,1-2H3,(H,14,15). The first-order chi connectivity index (χ1) is 7.41. The fraction of sp³-hybridized carbons (Fsp3) is 0.400. The summed E-state index contributed by atoms with van der Waals surface area (Å²) in [6.45, 7) is 3.44. The van der Waals surface area contributed by atoms with Crippen molar-refractivity contribution in [3.05, 3.63) is 22.8 Å². The van der Waals surface area contributed by atoms with Crippen molar-refractivity contribution in [1.29, 1.82) is 0 Å². The molecule has 0 aromatic carbocycles. The van der Waals surface area contributed by atoms with E-state index in [4.69, 9.17) is 16.7 Å². The number of hydrogen-bond acceptors (Lipinski definition) is 4. The summed E-state index contributed by atoms with van der Waals surface area (Å²) < 4.78 is 0. The fourth-order valence-electron chi connectivity index (χ4n) is 0.945. The second kappa shape index (κ2) is 5.52. The first kappa shape index (κ1) is 13.3. The summed E-state index contributed by atoms with van der Waals surface area (Å²) in [6.07, 6.45) is -0.549. The van der Waals surface area contributed by atoms with Gasteiger partial charge in [-0.15, -0.1) is 0 Å². The molecule has 0 saturated heterocycles. The number of rotatable bonds is 4. The topological polar surface area (TPSA) is 70.4 Å². The van der Waals surface area contributed by atoms with Crippen molar-refractivity contribution in [1.82, 2.24) is 4.98 Å². The summed E-state index contributed by atoms with van der Waals surface area (Å²) in [5, 5.41) is 18.7. The first-order valence-corrected chi connectivity index (χ1v) is 5.92. The van der Waals surface area contributed by atoms with Crippen LogP contribution in [0.25, 0.3) is 0 Å². The second-order valence-electron chi connectivity index (χ2n) is 3.36. The van der Waals surface area contributed by atoms with E-state index in [1.807, 2.05) is 0 Å². The van der Waals surface area contributed by atoms with E-state index in [1.165, 1.54) is 23.9 Å². The van der Waals surface area contributed by atoms with Crippen LogP contribution in [0.3, 0.4) is 0 Å². The van der Waals surface area contributed by atoms with Gasteiger partial charge in [0.05, 0.1) is 11.7 Å². The Kier molecular flexibility index (Phi) is 4.58. The number of nitrogens with zero attached hydrogens (tertiary/aromatic N) is 1. The molecule has 6 heteroatoms. The third-order valence-corrected chi connectivity index (χ3v) is 3.54. The molecule has 1 heterocycles. The molecule has 1 aromatic rings. The van der Waals surface area contributed by atoms with Gasteiger partial charge in [-0.3, -0.25) is 0 Å². The zero-order valence-electron chi connectivity index (χ0n) is 8.85. The lowest BCUT2D eigenvalue weighted by atomic mass is 10.3. The molecule has 0 aliphatic heterocycles. The molecule has 0 radical (unpaired) electrons. The van der Waals surface area contributed by atoms with Gasteiger partial charge in [0.2, 0.25) is 0 Å². The number of hydrogen-bond donors (Lipinski definition) is 2. The molecule has 0 saturated carbocycles. The SMILES string of the molecule is CC(O)C(C)Sc1nc(Cl)ccc1C(=O)O. The zero-order chi connectivity index (χ0) is 12.3. The maximum absolute atomic E-state index is 10.9. The van der Waals surface area contributed by atoms with E-state index in [0.29, 0.717) is 5.03 Å². The molecule has 1 aromatic heterocycles. The van der Waals surface area contributed by atoms with Crippen molar-refractivity contribution >= 4 is 29.3 Å². The molecule has 4 nitrogen and oxygen atoms in total. The van der Waals surface area contributed by atoms with Gasteiger partial charge in [-0.25, -0.2) is 9.78 Å². The minimum Gasteiger partial charge on any atom is -0.478 e. The minimum absolute atomic E-state index is 0.0990. The van der Waals surface area contributed by atoms with Gasteiger partial charge < -0.3 is 10.2 Å². The van der Waals surface area contributed by atoms with Crippen LogP contribution in [0.1, 0.15) is 24.2 Å². The van der Waals surface area contributed by atoms with Gasteiger partial charge >= 0.3 is 5.97 Å². The highest BCUT2D eigenvalue weighted by molar-refractivity contribution is 8.00. The molecule has 0 aliphatic rings. The quantitative estimate of drug-likeness (QED) is 0.643. The van der Waals surface area contributed by atoms with E-state index in [1.54, 1.807) is 13.8 Å². The van der Waals surface area contributed by atoms with Crippen molar-refractivity contribution in [2.75, 3.05) is 0 Å². The molecule has 0 aliphatic carbocycles. The van der Waals surface area contributed by atoms with Crippen LogP contribution in [0.4, 0.5) is 0 Å². The fourth-order valence-corrected chi connectivity index (χ4v) is 2.13. The molecule has 2 unspecified atom stereocenters. The summed E-state index contributed by atoms with van der Waals surface area (Å²) in [4.78, 5) is 14.9. The highest BCUT2D eigenvalue weighted by atomic mass is 35.5. The van der Waals surface area contributed by atoms with Gasteiger partial charge in [-0.2, -0.15) is 0 Å². The number of pyridine rings is 1. The number of aromatic nitrogens is 1. The van der Waals surface area contributed by atoms with Crippen LogP contribution in [0, 0.1) is 0 Å². The van der Waals surface area contributed by atoms with E-state index >= 15 is 0 Å². The van der Waals surface area contributed by atoms with Gasteiger partial charge in [0.15, 0.2) is 0 Å². The lowest BCUT2D eigenvalue weighted by Crippen LogP contribution is -2.16. The van der Waals surface area contributed by atoms with Crippen LogP contribution in [0.15, 0.2) is 17.2 Å². The van der Waals surface area contributed by atoms with Gasteiger partial charge in [0.1, 0.15) is 10.2 Å². The number of thioether (sulfide) groups is 1. The van der Waals surface area contributed by atoms with Crippen LogP contribution in [-0.2, 0) is 0 Å². The maximum atomic E-state index is 10.9. The Bertz CT molecular complexity index is 398. The van der Waals surface area contributed by atoms with Crippen molar-refractivity contribution in [3.8, 4) is 0 Å². The summed E-state index contributed by atoms with van der Waals surface area (Å²) in [6, 6.07) is 2.84. The highest BCUT2D eigenvalue weighted by Crippen LogP contribution is 2.28. The Labute approximate surface area is 103 Å². The summed E-state index contributed by atoms with van der Waals surface area (Å²) >= 11 is 6.90. The van der Waals surface area contributed by atoms with Crippen LogP contribution in [0.2, 0.25) is 5.15 Å². The normalized spacial score (nSPS) is 14.5. The van der Waals surface area contributed by atoms with E-state index < -0.39 is 12.1 Å². The highest BCUT2D eigenvalue weighted by Gasteiger charge is 2.17. The molecular weight excluding hydrogens is 250 g/mol. The second-order valence-corrected chi connectivity index (χ2v) is 5.11. The van der Waals surface area contributed by atoms with Crippen LogP contribution < -0.4 is 0 Å². The lowest BCUT2D eigenvalue weighted by Gasteiger charge is -2.14. The number of carbonyl (C=O) groups is 1. The number of aliphatic hydroxyl groups excluding tert-OH is 1. The predicted molar refractivity (Wildman–Crippen MR) is 63.2 cm³/mol. The number of halogens is 1. The van der Waals surface area contributed by atoms with Crippen LogP contribution in [0.5, 0.6) is 0 Å². The van der Waals surface area contributed by atoms with Gasteiger partial charge in [0, 0.05) is 5.25 Å². The number of carboxylic acids is 1. The van der Waals surface area contributed by atoms with Crippen LogP contribution >= 0.6 is 23.4 Å². The number of aliphatic hydroxyl groups is 1.